The van der Waals surface area contributed by atoms with Crippen LogP contribution in [-0.2, 0) is 12.8 Å². The number of halogens is 2. The van der Waals surface area contributed by atoms with E-state index in [9.17, 15) is 19.1 Å². The van der Waals surface area contributed by atoms with Gasteiger partial charge in [0.25, 0.3) is 0 Å². The molecule has 0 aliphatic heterocycles. The second-order valence-electron chi connectivity index (χ2n) is 5.44. The standard InChI is InChI=1S/C17H13F2NO/c18-14-7-3-6-13(15(14)19)16(21)17(10-20)8-11-4-1-2-5-12(11)9-17/h1-7,16,21H,8-9H2. The third-order valence-corrected chi connectivity index (χ3v) is 4.15. The van der Waals surface area contributed by atoms with Crippen molar-refractivity contribution in [1.82, 2.24) is 0 Å². The van der Waals surface area contributed by atoms with E-state index in [0.29, 0.717) is 12.8 Å². The largest absolute Gasteiger partial charge is 0.387 e. The molecule has 106 valence electrons. The quantitative estimate of drug-likeness (QED) is 0.920. The van der Waals surface area contributed by atoms with Gasteiger partial charge in [0, 0.05) is 5.56 Å². The molecule has 0 bridgehead atoms. The fraction of sp³-hybridized carbons (Fsp3) is 0.235. The summed E-state index contributed by atoms with van der Waals surface area (Å²) in [5, 5.41) is 20.1. The van der Waals surface area contributed by atoms with Crippen LogP contribution in [0.4, 0.5) is 8.78 Å². The van der Waals surface area contributed by atoms with Crippen molar-refractivity contribution in [2.75, 3.05) is 0 Å². The lowest BCUT2D eigenvalue weighted by Gasteiger charge is -2.27. The SMILES string of the molecule is N#CC1(C(O)c2cccc(F)c2F)Cc2ccccc2C1. The fourth-order valence-electron chi connectivity index (χ4n) is 3.01. The molecule has 2 aromatic rings. The van der Waals surface area contributed by atoms with E-state index < -0.39 is 23.2 Å². The van der Waals surface area contributed by atoms with Gasteiger partial charge in [0.1, 0.15) is 6.10 Å². The maximum Gasteiger partial charge on any atom is 0.164 e. The highest BCUT2D eigenvalue weighted by molar-refractivity contribution is 5.40. The minimum absolute atomic E-state index is 0.163. The van der Waals surface area contributed by atoms with Gasteiger partial charge >= 0.3 is 0 Å². The van der Waals surface area contributed by atoms with E-state index in [2.05, 4.69) is 6.07 Å². The molecule has 0 aromatic heterocycles. The molecular formula is C17H13F2NO. The monoisotopic (exact) mass is 285 g/mol. The zero-order chi connectivity index (χ0) is 15.0. The molecule has 4 heteroatoms. The highest BCUT2D eigenvalue weighted by Crippen LogP contribution is 2.46. The number of aliphatic hydroxyl groups excluding tert-OH is 1. The zero-order valence-corrected chi connectivity index (χ0v) is 11.2. The van der Waals surface area contributed by atoms with Gasteiger partial charge in [-0.15, -0.1) is 0 Å². The maximum atomic E-state index is 13.9. The minimum Gasteiger partial charge on any atom is -0.387 e. The Hall–Kier alpha value is -2.25. The summed E-state index contributed by atoms with van der Waals surface area (Å²) in [6, 6.07) is 13.3. The van der Waals surface area contributed by atoms with Crippen LogP contribution < -0.4 is 0 Å². The molecule has 1 aliphatic rings. The van der Waals surface area contributed by atoms with Crippen molar-refractivity contribution in [1.29, 1.82) is 5.26 Å². The number of hydrogen-bond donors (Lipinski definition) is 1. The summed E-state index contributed by atoms with van der Waals surface area (Å²) < 4.78 is 27.2. The Bertz CT molecular complexity index is 711. The molecule has 1 aliphatic carbocycles. The molecule has 0 spiro atoms. The average Bonchev–Trinajstić information content (AvgIpc) is 2.89. The Kier molecular flexibility index (Phi) is 3.23. The third-order valence-electron chi connectivity index (χ3n) is 4.15. The summed E-state index contributed by atoms with van der Waals surface area (Å²) in [5.41, 5.74) is 0.618. The van der Waals surface area contributed by atoms with Crippen LogP contribution in [0.3, 0.4) is 0 Å². The predicted molar refractivity (Wildman–Crippen MR) is 73.2 cm³/mol. The third kappa shape index (κ3) is 2.10. The Morgan fingerprint density at radius 3 is 2.24 bits per heavy atom. The summed E-state index contributed by atoms with van der Waals surface area (Å²) in [4.78, 5) is 0. The Labute approximate surface area is 121 Å². The van der Waals surface area contributed by atoms with Crippen LogP contribution in [0.15, 0.2) is 42.5 Å². The van der Waals surface area contributed by atoms with Crippen LogP contribution in [0.5, 0.6) is 0 Å². The summed E-state index contributed by atoms with van der Waals surface area (Å²) in [6.45, 7) is 0. The van der Waals surface area contributed by atoms with Gasteiger partial charge in [0.15, 0.2) is 11.6 Å². The van der Waals surface area contributed by atoms with Crippen molar-refractivity contribution in [3.63, 3.8) is 0 Å². The van der Waals surface area contributed by atoms with E-state index >= 15 is 0 Å². The van der Waals surface area contributed by atoms with Crippen molar-refractivity contribution >= 4 is 0 Å². The highest BCUT2D eigenvalue weighted by atomic mass is 19.2. The lowest BCUT2D eigenvalue weighted by Crippen LogP contribution is -2.29. The predicted octanol–water partition coefficient (Wildman–Crippen LogP) is 3.31. The molecule has 0 fully saturated rings. The molecule has 0 saturated heterocycles. The van der Waals surface area contributed by atoms with Gasteiger partial charge in [-0.1, -0.05) is 36.4 Å². The van der Waals surface area contributed by atoms with Gasteiger partial charge in [-0.05, 0) is 30.0 Å². The van der Waals surface area contributed by atoms with E-state index in [4.69, 9.17) is 0 Å². The molecule has 1 unspecified atom stereocenters. The van der Waals surface area contributed by atoms with Crippen molar-refractivity contribution in [2.24, 2.45) is 5.41 Å². The molecule has 0 amide bonds. The van der Waals surface area contributed by atoms with Crippen LogP contribution >= 0.6 is 0 Å². The molecule has 2 nitrogen and oxygen atoms in total. The van der Waals surface area contributed by atoms with Gasteiger partial charge in [-0.3, -0.25) is 0 Å². The topological polar surface area (TPSA) is 44.0 Å². The average molecular weight is 285 g/mol. The number of aliphatic hydroxyl groups is 1. The number of fused-ring (bicyclic) bond motifs is 1. The first kappa shape index (κ1) is 13.7. The van der Waals surface area contributed by atoms with Crippen molar-refractivity contribution in [2.45, 2.75) is 18.9 Å². The first-order chi connectivity index (χ1) is 10.1. The Morgan fingerprint density at radius 2 is 1.67 bits per heavy atom. The molecule has 1 N–H and O–H groups in total. The Morgan fingerprint density at radius 1 is 1.05 bits per heavy atom. The molecule has 1 atom stereocenters. The number of rotatable bonds is 2. The first-order valence-electron chi connectivity index (χ1n) is 6.67. The molecule has 2 aromatic carbocycles. The normalized spacial score (nSPS) is 17.0. The van der Waals surface area contributed by atoms with Crippen LogP contribution in [0, 0.1) is 28.4 Å². The highest BCUT2D eigenvalue weighted by Gasteiger charge is 2.45. The summed E-state index contributed by atoms with van der Waals surface area (Å²) in [7, 11) is 0. The molecule has 3 rings (SSSR count). The van der Waals surface area contributed by atoms with E-state index in [-0.39, 0.29) is 5.56 Å². The van der Waals surface area contributed by atoms with Crippen LogP contribution in [-0.4, -0.2) is 5.11 Å². The fourth-order valence-corrected chi connectivity index (χ4v) is 3.01. The summed E-state index contributed by atoms with van der Waals surface area (Å²) >= 11 is 0. The first-order valence-corrected chi connectivity index (χ1v) is 6.67. The lowest BCUT2D eigenvalue weighted by atomic mass is 9.77. The molecule has 0 heterocycles. The van der Waals surface area contributed by atoms with Crippen LogP contribution in [0.25, 0.3) is 0 Å². The van der Waals surface area contributed by atoms with Crippen molar-refractivity contribution in [3.05, 3.63) is 70.8 Å². The Balaban J connectivity index is 2.03. The number of nitrogens with zero attached hydrogens (tertiary/aromatic N) is 1. The molecule has 0 radical (unpaired) electrons. The second kappa shape index (κ2) is 4.94. The number of nitriles is 1. The molecule has 21 heavy (non-hydrogen) atoms. The van der Waals surface area contributed by atoms with Gasteiger partial charge in [-0.25, -0.2) is 8.78 Å². The van der Waals surface area contributed by atoms with Crippen LogP contribution in [0.2, 0.25) is 0 Å². The second-order valence-corrected chi connectivity index (χ2v) is 5.44. The van der Waals surface area contributed by atoms with E-state index in [1.807, 2.05) is 24.3 Å². The van der Waals surface area contributed by atoms with E-state index in [0.717, 1.165) is 17.2 Å². The summed E-state index contributed by atoms with van der Waals surface area (Å²) in [6.07, 6.45) is -0.710. The molecular weight excluding hydrogens is 272 g/mol. The van der Waals surface area contributed by atoms with Crippen molar-refractivity contribution in [3.8, 4) is 6.07 Å². The zero-order valence-electron chi connectivity index (χ0n) is 11.2. The maximum absolute atomic E-state index is 13.9. The summed E-state index contributed by atoms with van der Waals surface area (Å²) in [5.74, 6) is -2.11. The van der Waals surface area contributed by atoms with Crippen molar-refractivity contribution < 1.29 is 13.9 Å². The van der Waals surface area contributed by atoms with Gasteiger partial charge < -0.3 is 5.11 Å². The van der Waals surface area contributed by atoms with Gasteiger partial charge in [-0.2, -0.15) is 5.26 Å². The minimum atomic E-state index is -1.37. The smallest absolute Gasteiger partial charge is 0.164 e. The molecule has 0 saturated carbocycles. The van der Waals surface area contributed by atoms with E-state index in [1.165, 1.54) is 12.1 Å². The van der Waals surface area contributed by atoms with Crippen LogP contribution in [0.1, 0.15) is 22.8 Å². The van der Waals surface area contributed by atoms with E-state index in [1.54, 1.807) is 0 Å². The van der Waals surface area contributed by atoms with Gasteiger partial charge in [0.05, 0.1) is 11.5 Å². The number of benzene rings is 2. The number of hydrogen-bond acceptors (Lipinski definition) is 2. The lowest BCUT2D eigenvalue weighted by molar-refractivity contribution is 0.0654. The van der Waals surface area contributed by atoms with Gasteiger partial charge in [0.2, 0.25) is 0 Å².